The van der Waals surface area contributed by atoms with E-state index >= 15 is 0 Å². The van der Waals surface area contributed by atoms with E-state index in [0.717, 1.165) is 11.8 Å². The number of anilines is 1. The number of hydrogen-bond acceptors (Lipinski definition) is 3. The minimum Gasteiger partial charge on any atom is -0.486 e. The molecule has 2 aromatic carbocycles. The van der Waals surface area contributed by atoms with Crippen LogP contribution in [0, 0.1) is 11.6 Å². The molecule has 0 saturated carbocycles. The molecule has 0 saturated heterocycles. The summed E-state index contributed by atoms with van der Waals surface area (Å²) in [5.41, 5.74) is 1.35. The molecule has 1 unspecified atom stereocenters. The maximum atomic E-state index is 13.2. The Morgan fingerprint density at radius 2 is 1.62 bits per heavy atom. The van der Waals surface area contributed by atoms with Crippen molar-refractivity contribution in [1.82, 2.24) is 0 Å². The number of nitrogens with one attached hydrogen (secondary N) is 1. The monoisotopic (exact) mass is 291 g/mol. The van der Waals surface area contributed by atoms with Crippen LogP contribution in [0.25, 0.3) is 0 Å². The molecule has 1 aliphatic rings. The van der Waals surface area contributed by atoms with Crippen molar-refractivity contribution in [2.45, 2.75) is 13.0 Å². The van der Waals surface area contributed by atoms with Crippen LogP contribution in [0.5, 0.6) is 11.5 Å². The fraction of sp³-hybridized carbons (Fsp3) is 0.250. The topological polar surface area (TPSA) is 30.5 Å². The second-order valence-corrected chi connectivity index (χ2v) is 4.93. The van der Waals surface area contributed by atoms with E-state index in [-0.39, 0.29) is 6.04 Å². The molecule has 0 fully saturated rings. The van der Waals surface area contributed by atoms with Gasteiger partial charge in [-0.1, -0.05) is 0 Å². The van der Waals surface area contributed by atoms with E-state index in [0.29, 0.717) is 30.3 Å². The fourth-order valence-corrected chi connectivity index (χ4v) is 2.29. The second-order valence-electron chi connectivity index (χ2n) is 4.93. The average molecular weight is 291 g/mol. The van der Waals surface area contributed by atoms with Gasteiger partial charge in [-0.25, -0.2) is 8.78 Å². The number of rotatable bonds is 3. The molecule has 2 aromatic rings. The van der Waals surface area contributed by atoms with Crippen LogP contribution < -0.4 is 14.8 Å². The van der Waals surface area contributed by atoms with E-state index in [2.05, 4.69) is 5.32 Å². The molecule has 3 rings (SSSR count). The minimum atomic E-state index is -0.583. The Morgan fingerprint density at radius 3 is 2.33 bits per heavy atom. The van der Waals surface area contributed by atoms with E-state index in [1.54, 1.807) is 0 Å². The van der Waals surface area contributed by atoms with Gasteiger partial charge in [0, 0.05) is 23.9 Å². The van der Waals surface area contributed by atoms with Crippen LogP contribution in [0.15, 0.2) is 36.4 Å². The quantitative estimate of drug-likeness (QED) is 0.930. The van der Waals surface area contributed by atoms with E-state index in [1.807, 2.05) is 25.1 Å². The molecule has 0 aliphatic carbocycles. The van der Waals surface area contributed by atoms with Crippen molar-refractivity contribution in [3.05, 3.63) is 53.6 Å². The third-order valence-electron chi connectivity index (χ3n) is 3.31. The zero-order chi connectivity index (χ0) is 14.8. The lowest BCUT2D eigenvalue weighted by Gasteiger charge is -2.21. The summed E-state index contributed by atoms with van der Waals surface area (Å²) in [6.07, 6.45) is 0. The van der Waals surface area contributed by atoms with Gasteiger partial charge in [0.1, 0.15) is 24.8 Å². The lowest BCUT2D eigenvalue weighted by atomic mass is 10.1. The molecule has 1 atom stereocenters. The van der Waals surface area contributed by atoms with Crippen molar-refractivity contribution < 1.29 is 18.3 Å². The Hall–Kier alpha value is -2.30. The Balaban J connectivity index is 1.79. The number of ether oxygens (including phenoxy) is 2. The van der Waals surface area contributed by atoms with Crippen LogP contribution in [-0.2, 0) is 0 Å². The summed E-state index contributed by atoms with van der Waals surface area (Å²) in [7, 11) is 0. The van der Waals surface area contributed by atoms with Crippen molar-refractivity contribution >= 4 is 5.69 Å². The first-order chi connectivity index (χ1) is 10.1. The first kappa shape index (κ1) is 13.7. The first-order valence-electron chi connectivity index (χ1n) is 6.74. The minimum absolute atomic E-state index is 0.238. The summed E-state index contributed by atoms with van der Waals surface area (Å²) in [6, 6.07) is 8.74. The molecule has 0 spiro atoms. The highest BCUT2D eigenvalue weighted by Gasteiger charge is 2.13. The number of halogens is 2. The van der Waals surface area contributed by atoms with E-state index in [4.69, 9.17) is 9.47 Å². The zero-order valence-electron chi connectivity index (χ0n) is 11.5. The number of fused-ring (bicyclic) bond motifs is 1. The maximum Gasteiger partial charge on any atom is 0.163 e. The van der Waals surface area contributed by atoms with Crippen LogP contribution in [-0.4, -0.2) is 13.2 Å². The highest BCUT2D eigenvalue weighted by Crippen LogP contribution is 2.33. The van der Waals surface area contributed by atoms with Gasteiger partial charge in [0.25, 0.3) is 0 Å². The fourth-order valence-electron chi connectivity index (χ4n) is 2.29. The molecule has 5 heteroatoms. The molecule has 0 bridgehead atoms. The van der Waals surface area contributed by atoms with Gasteiger partial charge >= 0.3 is 0 Å². The Kier molecular flexibility index (Phi) is 3.64. The zero-order valence-corrected chi connectivity index (χ0v) is 11.5. The number of hydrogen-bond donors (Lipinski definition) is 1. The van der Waals surface area contributed by atoms with Gasteiger partial charge < -0.3 is 14.8 Å². The highest BCUT2D eigenvalue weighted by atomic mass is 19.1. The van der Waals surface area contributed by atoms with Gasteiger partial charge in [-0.3, -0.25) is 0 Å². The molecular formula is C16H15F2NO2. The summed E-state index contributed by atoms with van der Waals surface area (Å²) in [5, 5.41) is 3.19. The SMILES string of the molecule is CC(Nc1ccc2c(c1)OCCO2)c1cc(F)cc(F)c1. The predicted octanol–water partition coefficient (Wildman–Crippen LogP) is 3.91. The summed E-state index contributed by atoms with van der Waals surface area (Å²) in [5.74, 6) is 0.210. The van der Waals surface area contributed by atoms with Crippen LogP contribution in [0.3, 0.4) is 0 Å². The molecule has 110 valence electrons. The molecule has 0 radical (unpaired) electrons. The lowest BCUT2D eigenvalue weighted by molar-refractivity contribution is 0.171. The van der Waals surface area contributed by atoms with E-state index < -0.39 is 11.6 Å². The molecule has 3 nitrogen and oxygen atoms in total. The Labute approximate surface area is 121 Å². The summed E-state index contributed by atoms with van der Waals surface area (Å²) >= 11 is 0. The van der Waals surface area contributed by atoms with Crippen molar-refractivity contribution in [3.8, 4) is 11.5 Å². The van der Waals surface area contributed by atoms with Gasteiger partial charge in [-0.15, -0.1) is 0 Å². The lowest BCUT2D eigenvalue weighted by Crippen LogP contribution is -2.15. The van der Waals surface area contributed by atoms with Crippen LogP contribution in [0.2, 0.25) is 0 Å². The van der Waals surface area contributed by atoms with Crippen LogP contribution in [0.4, 0.5) is 14.5 Å². The summed E-state index contributed by atoms with van der Waals surface area (Å²) in [4.78, 5) is 0. The average Bonchev–Trinajstić information content (AvgIpc) is 2.46. The van der Waals surface area contributed by atoms with Crippen LogP contribution >= 0.6 is 0 Å². The van der Waals surface area contributed by atoms with Gasteiger partial charge in [0.05, 0.1) is 0 Å². The molecular weight excluding hydrogens is 276 g/mol. The third kappa shape index (κ3) is 3.07. The van der Waals surface area contributed by atoms with Crippen molar-refractivity contribution in [1.29, 1.82) is 0 Å². The molecule has 1 heterocycles. The van der Waals surface area contributed by atoms with Crippen molar-refractivity contribution in [2.75, 3.05) is 18.5 Å². The highest BCUT2D eigenvalue weighted by molar-refractivity contribution is 5.56. The van der Waals surface area contributed by atoms with Gasteiger partial charge in [0.15, 0.2) is 11.5 Å². The normalized spacial score (nSPS) is 14.6. The van der Waals surface area contributed by atoms with E-state index in [9.17, 15) is 8.78 Å². The Bertz CT molecular complexity index is 640. The van der Waals surface area contributed by atoms with E-state index in [1.165, 1.54) is 12.1 Å². The third-order valence-corrected chi connectivity index (χ3v) is 3.31. The molecule has 0 aromatic heterocycles. The molecule has 0 amide bonds. The standard InChI is InChI=1S/C16H15F2NO2/c1-10(11-6-12(17)8-13(18)7-11)19-14-2-3-15-16(9-14)21-5-4-20-15/h2-3,6-10,19H,4-5H2,1H3. The van der Waals surface area contributed by atoms with Gasteiger partial charge in [-0.05, 0) is 36.8 Å². The second kappa shape index (κ2) is 5.60. The molecule has 21 heavy (non-hydrogen) atoms. The van der Waals surface area contributed by atoms with Gasteiger partial charge in [-0.2, -0.15) is 0 Å². The molecule has 1 aliphatic heterocycles. The molecule has 1 N–H and O–H groups in total. The van der Waals surface area contributed by atoms with Crippen molar-refractivity contribution in [3.63, 3.8) is 0 Å². The summed E-state index contributed by atoms with van der Waals surface area (Å²) in [6.45, 7) is 2.89. The maximum absolute atomic E-state index is 13.2. The number of benzene rings is 2. The first-order valence-corrected chi connectivity index (χ1v) is 6.74. The smallest absolute Gasteiger partial charge is 0.163 e. The van der Waals surface area contributed by atoms with Crippen LogP contribution in [0.1, 0.15) is 18.5 Å². The van der Waals surface area contributed by atoms with Gasteiger partial charge in [0.2, 0.25) is 0 Å². The largest absolute Gasteiger partial charge is 0.486 e. The summed E-state index contributed by atoms with van der Waals surface area (Å²) < 4.78 is 37.4. The Morgan fingerprint density at radius 1 is 0.952 bits per heavy atom. The van der Waals surface area contributed by atoms with Crippen molar-refractivity contribution in [2.24, 2.45) is 0 Å². The predicted molar refractivity (Wildman–Crippen MR) is 75.8 cm³/mol.